The van der Waals surface area contributed by atoms with Crippen LogP contribution >= 0.6 is 0 Å². The fourth-order valence-corrected chi connectivity index (χ4v) is 3.16. The summed E-state index contributed by atoms with van der Waals surface area (Å²) in [6, 6.07) is -1.08. The van der Waals surface area contributed by atoms with Crippen LogP contribution in [0.25, 0.3) is 0 Å². The molecule has 2 rings (SSSR count). The first-order valence-corrected chi connectivity index (χ1v) is 8.57. The first kappa shape index (κ1) is 16.9. The van der Waals surface area contributed by atoms with Crippen LogP contribution in [0, 0.1) is 0 Å². The van der Waals surface area contributed by atoms with E-state index in [-0.39, 0.29) is 30.1 Å². The van der Waals surface area contributed by atoms with Gasteiger partial charge in [-0.25, -0.2) is 13.2 Å². The Morgan fingerprint density at radius 1 is 1.52 bits per heavy atom. The summed E-state index contributed by atoms with van der Waals surface area (Å²) >= 11 is 0. The SMILES string of the molecule is C=CCCC(NC(=O)C1=CC=CN2CCS(=O)(=O)N=C12)C(=O)O. The number of amidine groups is 1. The molecule has 1 amide bonds. The van der Waals surface area contributed by atoms with Crippen molar-refractivity contribution in [1.29, 1.82) is 0 Å². The maximum Gasteiger partial charge on any atom is 0.326 e. The molecule has 0 aromatic carbocycles. The minimum absolute atomic E-state index is 0.0177. The molecule has 0 bridgehead atoms. The zero-order valence-electron chi connectivity index (χ0n) is 12.3. The largest absolute Gasteiger partial charge is 0.480 e. The molecular weight excluding hydrogens is 322 g/mol. The molecule has 0 aliphatic carbocycles. The molecular formula is C14H17N3O5S. The third-order valence-corrected chi connectivity index (χ3v) is 4.51. The Morgan fingerprint density at radius 2 is 2.26 bits per heavy atom. The molecule has 0 saturated carbocycles. The van der Waals surface area contributed by atoms with Crippen molar-refractivity contribution in [3.63, 3.8) is 0 Å². The minimum Gasteiger partial charge on any atom is -0.480 e. The Hall–Kier alpha value is -2.42. The number of sulfonamides is 1. The molecule has 9 heteroatoms. The van der Waals surface area contributed by atoms with Gasteiger partial charge in [0.15, 0.2) is 5.84 Å². The van der Waals surface area contributed by atoms with Crippen LogP contribution in [0.5, 0.6) is 0 Å². The number of nitrogens with zero attached hydrogens (tertiary/aromatic N) is 2. The summed E-state index contributed by atoms with van der Waals surface area (Å²) in [7, 11) is -3.62. The lowest BCUT2D eigenvalue weighted by molar-refractivity contribution is -0.141. The van der Waals surface area contributed by atoms with Gasteiger partial charge in [-0.05, 0) is 25.0 Å². The van der Waals surface area contributed by atoms with Gasteiger partial charge in [0.1, 0.15) is 6.04 Å². The van der Waals surface area contributed by atoms with Crippen molar-refractivity contribution in [2.45, 2.75) is 18.9 Å². The first-order chi connectivity index (χ1) is 10.8. The second-order valence-corrected chi connectivity index (χ2v) is 6.80. The number of hydrogen-bond acceptors (Lipinski definition) is 5. The van der Waals surface area contributed by atoms with Crippen molar-refractivity contribution in [3.05, 3.63) is 36.6 Å². The minimum atomic E-state index is -3.62. The third-order valence-electron chi connectivity index (χ3n) is 3.37. The molecule has 23 heavy (non-hydrogen) atoms. The van der Waals surface area contributed by atoms with Crippen LogP contribution in [-0.4, -0.2) is 54.5 Å². The predicted molar refractivity (Wildman–Crippen MR) is 84.1 cm³/mol. The summed E-state index contributed by atoms with van der Waals surface area (Å²) in [5.74, 6) is -1.95. The van der Waals surface area contributed by atoms with E-state index in [1.165, 1.54) is 6.08 Å². The number of carbonyl (C=O) groups is 2. The number of carbonyl (C=O) groups excluding carboxylic acids is 1. The fourth-order valence-electron chi connectivity index (χ4n) is 2.17. The van der Waals surface area contributed by atoms with Crippen LogP contribution < -0.4 is 5.32 Å². The maximum atomic E-state index is 12.3. The lowest BCUT2D eigenvalue weighted by atomic mass is 10.1. The smallest absolute Gasteiger partial charge is 0.326 e. The van der Waals surface area contributed by atoms with E-state index in [1.807, 2.05) is 0 Å². The Labute approximate surface area is 133 Å². The molecule has 1 atom stereocenters. The monoisotopic (exact) mass is 339 g/mol. The molecule has 0 saturated heterocycles. The molecule has 0 aromatic rings. The Morgan fingerprint density at radius 3 is 2.91 bits per heavy atom. The number of rotatable bonds is 6. The zero-order valence-corrected chi connectivity index (χ0v) is 13.1. The molecule has 2 aliphatic heterocycles. The van der Waals surface area contributed by atoms with Crippen molar-refractivity contribution in [2.24, 2.45) is 4.40 Å². The van der Waals surface area contributed by atoms with Gasteiger partial charge in [0, 0.05) is 12.7 Å². The number of carboxylic acids is 1. The highest BCUT2D eigenvalue weighted by molar-refractivity contribution is 7.90. The van der Waals surface area contributed by atoms with Crippen molar-refractivity contribution in [2.75, 3.05) is 12.3 Å². The second-order valence-electron chi connectivity index (χ2n) is 5.05. The van der Waals surface area contributed by atoms with Gasteiger partial charge in [-0.2, -0.15) is 0 Å². The van der Waals surface area contributed by atoms with Crippen LogP contribution in [-0.2, 0) is 19.6 Å². The van der Waals surface area contributed by atoms with E-state index in [0.29, 0.717) is 6.42 Å². The Bertz CT molecular complexity index is 721. The lowest BCUT2D eigenvalue weighted by Gasteiger charge is -2.29. The standard InChI is InChI=1S/C14H17N3O5S/c1-2-3-6-11(14(19)20)15-13(18)10-5-4-7-17-8-9-23(21,22)16-12(10)17/h2,4-5,7,11H,1,3,6,8-9H2,(H,15,18)(H,19,20). The van der Waals surface area contributed by atoms with Gasteiger partial charge in [-0.1, -0.05) is 6.08 Å². The number of hydrogen-bond donors (Lipinski definition) is 2. The number of carboxylic acid groups (broad SMARTS) is 1. The van der Waals surface area contributed by atoms with Crippen LogP contribution in [0.2, 0.25) is 0 Å². The second kappa shape index (κ2) is 6.78. The molecule has 0 radical (unpaired) electrons. The topological polar surface area (TPSA) is 116 Å². The molecule has 0 fully saturated rings. The quantitative estimate of drug-likeness (QED) is 0.659. The van der Waals surface area contributed by atoms with Gasteiger partial charge in [0.2, 0.25) is 0 Å². The Kier molecular flexibility index (Phi) is 4.99. The molecule has 0 spiro atoms. The van der Waals surface area contributed by atoms with Gasteiger partial charge in [0.05, 0.1) is 11.3 Å². The summed E-state index contributed by atoms with van der Waals surface area (Å²) < 4.78 is 26.9. The predicted octanol–water partition coefficient (Wildman–Crippen LogP) is 0.0196. The molecule has 2 aliphatic rings. The van der Waals surface area contributed by atoms with E-state index in [2.05, 4.69) is 16.3 Å². The van der Waals surface area contributed by atoms with Gasteiger partial charge < -0.3 is 15.3 Å². The van der Waals surface area contributed by atoms with E-state index in [4.69, 9.17) is 5.11 Å². The van der Waals surface area contributed by atoms with E-state index in [9.17, 15) is 18.0 Å². The fraction of sp³-hybridized carbons (Fsp3) is 0.357. The van der Waals surface area contributed by atoms with E-state index < -0.39 is 27.9 Å². The van der Waals surface area contributed by atoms with E-state index in [0.717, 1.165) is 0 Å². The number of amides is 1. The van der Waals surface area contributed by atoms with Crippen LogP contribution in [0.15, 0.2) is 41.0 Å². The first-order valence-electron chi connectivity index (χ1n) is 6.97. The van der Waals surface area contributed by atoms with Gasteiger partial charge in [-0.15, -0.1) is 11.0 Å². The normalized spacial score (nSPS) is 19.9. The number of aliphatic carboxylic acids is 1. The van der Waals surface area contributed by atoms with Gasteiger partial charge in [-0.3, -0.25) is 4.79 Å². The van der Waals surface area contributed by atoms with Gasteiger partial charge >= 0.3 is 5.97 Å². The number of allylic oxidation sites excluding steroid dienone is 3. The number of fused-ring (bicyclic) bond motifs is 1. The summed E-state index contributed by atoms with van der Waals surface area (Å²) in [6.07, 6.45) is 6.81. The van der Waals surface area contributed by atoms with Crippen molar-refractivity contribution < 1.29 is 23.1 Å². The molecule has 2 heterocycles. The highest BCUT2D eigenvalue weighted by atomic mass is 32.2. The zero-order chi connectivity index (χ0) is 17.0. The third kappa shape index (κ3) is 4.07. The van der Waals surface area contributed by atoms with Crippen LogP contribution in [0.1, 0.15) is 12.8 Å². The van der Waals surface area contributed by atoms with E-state index in [1.54, 1.807) is 23.3 Å². The van der Waals surface area contributed by atoms with Crippen LogP contribution in [0.4, 0.5) is 0 Å². The average molecular weight is 339 g/mol. The molecule has 1 unspecified atom stereocenters. The highest BCUT2D eigenvalue weighted by Crippen LogP contribution is 2.18. The van der Waals surface area contributed by atoms with Crippen LogP contribution in [0.3, 0.4) is 0 Å². The summed E-state index contributed by atoms with van der Waals surface area (Å²) in [5, 5.41) is 11.5. The summed E-state index contributed by atoms with van der Waals surface area (Å²) in [6.45, 7) is 3.71. The summed E-state index contributed by atoms with van der Waals surface area (Å²) in [5.41, 5.74) is 0.0284. The maximum absolute atomic E-state index is 12.3. The average Bonchev–Trinajstić information content (AvgIpc) is 2.49. The van der Waals surface area contributed by atoms with Crippen molar-refractivity contribution in [1.82, 2.24) is 10.2 Å². The van der Waals surface area contributed by atoms with Crippen molar-refractivity contribution >= 4 is 27.7 Å². The van der Waals surface area contributed by atoms with E-state index >= 15 is 0 Å². The molecule has 124 valence electrons. The van der Waals surface area contributed by atoms with Gasteiger partial charge in [0.25, 0.3) is 15.9 Å². The number of nitrogens with one attached hydrogen (secondary N) is 1. The lowest BCUT2D eigenvalue weighted by Crippen LogP contribution is -2.46. The molecule has 0 aromatic heterocycles. The van der Waals surface area contributed by atoms with Crippen molar-refractivity contribution in [3.8, 4) is 0 Å². The summed E-state index contributed by atoms with van der Waals surface area (Å²) in [4.78, 5) is 25.1. The molecule has 8 nitrogen and oxygen atoms in total. The molecule has 2 N–H and O–H groups in total. The Balaban J connectivity index is 2.22. The highest BCUT2D eigenvalue weighted by Gasteiger charge is 2.31.